The molecule has 0 aliphatic carbocycles. The molecule has 0 amide bonds. The Labute approximate surface area is 124 Å². The molecule has 2 nitrogen and oxygen atoms in total. The van der Waals surface area contributed by atoms with Gasteiger partial charge < -0.3 is 9.73 Å². The summed E-state index contributed by atoms with van der Waals surface area (Å²) in [6.45, 7) is 2.45. The summed E-state index contributed by atoms with van der Waals surface area (Å²) in [5.74, 6) is 0.584. The third-order valence-electron chi connectivity index (χ3n) is 3.29. The maximum atomic E-state index is 13.8. The Morgan fingerprint density at radius 3 is 2.80 bits per heavy atom. The van der Waals surface area contributed by atoms with Crippen LogP contribution in [0.15, 0.2) is 51.4 Å². The first-order valence-corrected chi connectivity index (χ1v) is 7.10. The van der Waals surface area contributed by atoms with E-state index < -0.39 is 0 Å². The quantitative estimate of drug-likeness (QED) is 0.707. The van der Waals surface area contributed by atoms with Crippen LogP contribution in [0.1, 0.15) is 11.3 Å². The smallest absolute Gasteiger partial charge is 0.147 e. The second kappa shape index (κ2) is 5.29. The van der Waals surface area contributed by atoms with Crippen molar-refractivity contribution >= 4 is 32.6 Å². The SMILES string of the molecule is Cc1oc2ccccc2c1CNc1ccc(Br)cc1F. The Balaban J connectivity index is 1.88. The third kappa shape index (κ3) is 2.43. The zero-order chi connectivity index (χ0) is 14.1. The Morgan fingerprint density at radius 1 is 1.20 bits per heavy atom. The summed E-state index contributed by atoms with van der Waals surface area (Å²) in [6, 6.07) is 12.8. The van der Waals surface area contributed by atoms with Crippen LogP contribution in [-0.2, 0) is 6.54 Å². The molecule has 1 heterocycles. The average Bonchev–Trinajstić information content (AvgIpc) is 2.74. The molecule has 1 aromatic heterocycles. The fourth-order valence-corrected chi connectivity index (χ4v) is 2.59. The van der Waals surface area contributed by atoms with Gasteiger partial charge in [-0.3, -0.25) is 0 Å². The van der Waals surface area contributed by atoms with E-state index in [1.54, 1.807) is 6.07 Å². The number of hydrogen-bond donors (Lipinski definition) is 1. The maximum Gasteiger partial charge on any atom is 0.147 e. The largest absolute Gasteiger partial charge is 0.461 e. The highest BCUT2D eigenvalue weighted by Gasteiger charge is 2.11. The summed E-state index contributed by atoms with van der Waals surface area (Å²) in [5.41, 5.74) is 2.40. The number of aryl methyl sites for hydroxylation is 1. The molecule has 0 bridgehead atoms. The van der Waals surface area contributed by atoms with Gasteiger partial charge >= 0.3 is 0 Å². The van der Waals surface area contributed by atoms with Crippen LogP contribution < -0.4 is 5.32 Å². The lowest BCUT2D eigenvalue weighted by atomic mass is 10.1. The molecule has 0 fully saturated rings. The molecule has 0 saturated heterocycles. The van der Waals surface area contributed by atoms with Gasteiger partial charge in [-0.05, 0) is 31.2 Å². The van der Waals surface area contributed by atoms with Gasteiger partial charge in [0.05, 0.1) is 5.69 Å². The molecule has 0 aliphatic rings. The maximum absolute atomic E-state index is 13.8. The van der Waals surface area contributed by atoms with Gasteiger partial charge in [0, 0.05) is 22.0 Å². The van der Waals surface area contributed by atoms with Crippen molar-refractivity contribution in [2.24, 2.45) is 0 Å². The van der Waals surface area contributed by atoms with Crippen molar-refractivity contribution in [3.63, 3.8) is 0 Å². The second-order valence-electron chi connectivity index (χ2n) is 4.61. The summed E-state index contributed by atoms with van der Waals surface area (Å²) in [4.78, 5) is 0. The van der Waals surface area contributed by atoms with Crippen molar-refractivity contribution in [2.45, 2.75) is 13.5 Å². The van der Waals surface area contributed by atoms with Crippen LogP contribution >= 0.6 is 15.9 Å². The molecule has 4 heteroatoms. The lowest BCUT2D eigenvalue weighted by Crippen LogP contribution is -2.02. The topological polar surface area (TPSA) is 25.2 Å². The summed E-state index contributed by atoms with van der Waals surface area (Å²) >= 11 is 3.25. The number of benzene rings is 2. The fraction of sp³-hybridized carbons (Fsp3) is 0.125. The van der Waals surface area contributed by atoms with Gasteiger partial charge in [-0.1, -0.05) is 34.1 Å². The van der Waals surface area contributed by atoms with Gasteiger partial charge in [0.1, 0.15) is 17.2 Å². The minimum absolute atomic E-state index is 0.273. The number of anilines is 1. The van der Waals surface area contributed by atoms with Crippen molar-refractivity contribution in [3.8, 4) is 0 Å². The average molecular weight is 334 g/mol. The first kappa shape index (κ1) is 13.2. The van der Waals surface area contributed by atoms with Crippen molar-refractivity contribution in [1.29, 1.82) is 0 Å². The van der Waals surface area contributed by atoms with Gasteiger partial charge in [-0.15, -0.1) is 0 Å². The molecule has 102 valence electrons. The van der Waals surface area contributed by atoms with E-state index in [9.17, 15) is 4.39 Å². The Hall–Kier alpha value is -1.81. The Morgan fingerprint density at radius 2 is 2.00 bits per heavy atom. The molecule has 0 saturated carbocycles. The van der Waals surface area contributed by atoms with Crippen LogP contribution in [0.25, 0.3) is 11.0 Å². The molecule has 1 N–H and O–H groups in total. The molecule has 0 atom stereocenters. The zero-order valence-electron chi connectivity index (χ0n) is 10.9. The van der Waals surface area contributed by atoms with E-state index in [0.29, 0.717) is 12.2 Å². The zero-order valence-corrected chi connectivity index (χ0v) is 12.5. The first-order chi connectivity index (χ1) is 9.65. The Bertz CT molecular complexity index is 766. The predicted octanol–water partition coefficient (Wildman–Crippen LogP) is 5.25. The summed E-state index contributed by atoms with van der Waals surface area (Å²) in [7, 11) is 0. The molecule has 3 rings (SSSR count). The van der Waals surface area contributed by atoms with E-state index in [0.717, 1.165) is 26.8 Å². The summed E-state index contributed by atoms with van der Waals surface area (Å²) in [6.07, 6.45) is 0. The summed E-state index contributed by atoms with van der Waals surface area (Å²) < 4.78 is 20.2. The van der Waals surface area contributed by atoms with E-state index in [1.165, 1.54) is 6.07 Å². The van der Waals surface area contributed by atoms with E-state index in [4.69, 9.17) is 4.42 Å². The van der Waals surface area contributed by atoms with Crippen LogP contribution in [-0.4, -0.2) is 0 Å². The van der Waals surface area contributed by atoms with Gasteiger partial charge in [0.15, 0.2) is 0 Å². The van der Waals surface area contributed by atoms with E-state index in [-0.39, 0.29) is 5.82 Å². The third-order valence-corrected chi connectivity index (χ3v) is 3.78. The minimum atomic E-state index is -0.273. The van der Waals surface area contributed by atoms with Crippen molar-refractivity contribution < 1.29 is 8.81 Å². The molecule has 20 heavy (non-hydrogen) atoms. The highest BCUT2D eigenvalue weighted by molar-refractivity contribution is 9.10. The van der Waals surface area contributed by atoms with Crippen LogP contribution in [0.3, 0.4) is 0 Å². The minimum Gasteiger partial charge on any atom is -0.461 e. The van der Waals surface area contributed by atoms with Crippen LogP contribution in [0.4, 0.5) is 10.1 Å². The van der Waals surface area contributed by atoms with E-state index in [2.05, 4.69) is 21.2 Å². The number of hydrogen-bond acceptors (Lipinski definition) is 2. The van der Waals surface area contributed by atoms with Gasteiger partial charge in [0.25, 0.3) is 0 Å². The van der Waals surface area contributed by atoms with Crippen molar-refractivity contribution in [3.05, 3.63) is 64.1 Å². The number of para-hydroxylation sites is 1. The lowest BCUT2D eigenvalue weighted by molar-refractivity contribution is 0.572. The number of fused-ring (bicyclic) bond motifs is 1. The molecular formula is C16H13BrFNO. The fourth-order valence-electron chi connectivity index (χ4n) is 2.26. The van der Waals surface area contributed by atoms with E-state index in [1.807, 2.05) is 37.3 Å². The van der Waals surface area contributed by atoms with Gasteiger partial charge in [-0.2, -0.15) is 0 Å². The highest BCUT2D eigenvalue weighted by atomic mass is 79.9. The van der Waals surface area contributed by atoms with Crippen LogP contribution in [0.2, 0.25) is 0 Å². The van der Waals surface area contributed by atoms with Crippen LogP contribution in [0, 0.1) is 12.7 Å². The second-order valence-corrected chi connectivity index (χ2v) is 5.53. The van der Waals surface area contributed by atoms with Gasteiger partial charge in [0.2, 0.25) is 0 Å². The highest BCUT2D eigenvalue weighted by Crippen LogP contribution is 2.27. The molecule has 0 radical (unpaired) electrons. The normalized spacial score (nSPS) is 10.9. The predicted molar refractivity (Wildman–Crippen MR) is 82.4 cm³/mol. The van der Waals surface area contributed by atoms with Gasteiger partial charge in [-0.25, -0.2) is 4.39 Å². The van der Waals surface area contributed by atoms with Crippen molar-refractivity contribution in [1.82, 2.24) is 0 Å². The number of rotatable bonds is 3. The number of halogens is 2. The monoisotopic (exact) mass is 333 g/mol. The number of nitrogens with one attached hydrogen (secondary N) is 1. The standard InChI is InChI=1S/C16H13BrFNO/c1-10-13(12-4-2-3-5-16(12)20-10)9-19-15-7-6-11(17)8-14(15)18/h2-8,19H,9H2,1H3. The molecular weight excluding hydrogens is 321 g/mol. The molecule has 0 spiro atoms. The summed E-state index contributed by atoms with van der Waals surface area (Å²) in [5, 5.41) is 4.18. The first-order valence-electron chi connectivity index (χ1n) is 6.31. The molecule has 0 aliphatic heterocycles. The van der Waals surface area contributed by atoms with Crippen LogP contribution in [0.5, 0.6) is 0 Å². The molecule has 2 aromatic carbocycles. The Kier molecular flexibility index (Phi) is 3.49. The lowest BCUT2D eigenvalue weighted by Gasteiger charge is -2.07. The van der Waals surface area contributed by atoms with Crippen molar-refractivity contribution in [2.75, 3.05) is 5.32 Å². The molecule has 3 aromatic rings. The number of furan rings is 1. The molecule has 0 unspecified atom stereocenters. The van der Waals surface area contributed by atoms with E-state index >= 15 is 0 Å².